The van der Waals surface area contributed by atoms with Crippen LogP contribution in [-0.4, -0.2) is 44.0 Å². The van der Waals surface area contributed by atoms with Crippen molar-refractivity contribution in [2.24, 2.45) is 5.92 Å². The van der Waals surface area contributed by atoms with E-state index in [0.29, 0.717) is 18.0 Å². The van der Waals surface area contributed by atoms with E-state index in [1.807, 2.05) is 0 Å². The van der Waals surface area contributed by atoms with E-state index in [0.717, 1.165) is 32.5 Å². The van der Waals surface area contributed by atoms with Crippen molar-refractivity contribution in [1.82, 2.24) is 4.90 Å². The van der Waals surface area contributed by atoms with Crippen LogP contribution in [0, 0.1) is 11.7 Å². The van der Waals surface area contributed by atoms with Crippen LogP contribution in [0.1, 0.15) is 23.2 Å². The molecule has 0 radical (unpaired) electrons. The standard InChI is InChI=1S/C15H20FNO2/c1-19-11-12-4-3-7-17(9-12)10-15(18)13-5-2-6-14(16)8-13/h2,5-6,8,12H,3-4,7,9-11H2,1H3. The number of ketones is 1. The van der Waals surface area contributed by atoms with E-state index in [9.17, 15) is 9.18 Å². The second-order valence-electron chi connectivity index (χ2n) is 5.13. The second-order valence-corrected chi connectivity index (χ2v) is 5.13. The maximum atomic E-state index is 13.1. The molecular weight excluding hydrogens is 245 g/mol. The number of likely N-dealkylation sites (tertiary alicyclic amines) is 1. The van der Waals surface area contributed by atoms with Gasteiger partial charge in [0.2, 0.25) is 0 Å². The highest BCUT2D eigenvalue weighted by Gasteiger charge is 2.21. The fourth-order valence-corrected chi connectivity index (χ4v) is 2.62. The number of Topliss-reactive ketones (excluding diaryl/α,β-unsaturated/α-hetero) is 1. The molecular formula is C15H20FNO2. The monoisotopic (exact) mass is 265 g/mol. The number of hydrogen-bond acceptors (Lipinski definition) is 3. The maximum Gasteiger partial charge on any atom is 0.176 e. The predicted molar refractivity (Wildman–Crippen MR) is 71.8 cm³/mol. The van der Waals surface area contributed by atoms with Gasteiger partial charge in [-0.1, -0.05) is 12.1 Å². The van der Waals surface area contributed by atoms with Gasteiger partial charge in [0.25, 0.3) is 0 Å². The molecule has 0 amide bonds. The summed E-state index contributed by atoms with van der Waals surface area (Å²) in [6.07, 6.45) is 2.24. The summed E-state index contributed by atoms with van der Waals surface area (Å²) in [5.41, 5.74) is 0.453. The molecule has 1 aliphatic rings. The van der Waals surface area contributed by atoms with Crippen LogP contribution < -0.4 is 0 Å². The lowest BCUT2D eigenvalue weighted by Crippen LogP contribution is -2.40. The molecule has 0 aliphatic carbocycles. The third-order valence-electron chi connectivity index (χ3n) is 3.52. The lowest BCUT2D eigenvalue weighted by molar-refractivity contribution is 0.0757. The topological polar surface area (TPSA) is 29.5 Å². The van der Waals surface area contributed by atoms with Gasteiger partial charge < -0.3 is 4.74 Å². The van der Waals surface area contributed by atoms with Crippen molar-refractivity contribution in [3.8, 4) is 0 Å². The van der Waals surface area contributed by atoms with Crippen molar-refractivity contribution < 1.29 is 13.9 Å². The molecule has 0 bridgehead atoms. The molecule has 1 fully saturated rings. The molecule has 0 saturated carbocycles. The maximum absolute atomic E-state index is 13.1. The highest BCUT2D eigenvalue weighted by Crippen LogP contribution is 2.17. The van der Waals surface area contributed by atoms with Gasteiger partial charge in [0.15, 0.2) is 5.78 Å². The van der Waals surface area contributed by atoms with Gasteiger partial charge >= 0.3 is 0 Å². The lowest BCUT2D eigenvalue weighted by atomic mass is 9.98. The van der Waals surface area contributed by atoms with E-state index >= 15 is 0 Å². The summed E-state index contributed by atoms with van der Waals surface area (Å²) < 4.78 is 18.3. The fraction of sp³-hybridized carbons (Fsp3) is 0.533. The summed E-state index contributed by atoms with van der Waals surface area (Å²) in [7, 11) is 1.71. The molecule has 19 heavy (non-hydrogen) atoms. The van der Waals surface area contributed by atoms with Gasteiger partial charge in [0.05, 0.1) is 13.2 Å². The highest BCUT2D eigenvalue weighted by atomic mass is 19.1. The number of rotatable bonds is 5. The zero-order chi connectivity index (χ0) is 13.7. The van der Waals surface area contributed by atoms with E-state index in [1.54, 1.807) is 19.2 Å². The van der Waals surface area contributed by atoms with Crippen LogP contribution >= 0.6 is 0 Å². The number of benzene rings is 1. The van der Waals surface area contributed by atoms with Gasteiger partial charge in [-0.2, -0.15) is 0 Å². The molecule has 1 heterocycles. The first-order chi connectivity index (χ1) is 9.19. The Morgan fingerprint density at radius 3 is 3.11 bits per heavy atom. The Kier molecular flexibility index (Phi) is 5.05. The zero-order valence-corrected chi connectivity index (χ0v) is 11.3. The Balaban J connectivity index is 1.91. The number of piperidine rings is 1. The largest absolute Gasteiger partial charge is 0.384 e. The molecule has 1 aromatic rings. The van der Waals surface area contributed by atoms with Crippen molar-refractivity contribution in [2.75, 3.05) is 33.4 Å². The Labute approximate surface area is 113 Å². The number of carbonyl (C=O) groups is 1. The van der Waals surface area contributed by atoms with Gasteiger partial charge in [-0.3, -0.25) is 9.69 Å². The van der Waals surface area contributed by atoms with Gasteiger partial charge in [0.1, 0.15) is 5.82 Å². The van der Waals surface area contributed by atoms with Crippen molar-refractivity contribution in [2.45, 2.75) is 12.8 Å². The van der Waals surface area contributed by atoms with Crippen LogP contribution in [-0.2, 0) is 4.74 Å². The average molecular weight is 265 g/mol. The minimum absolute atomic E-state index is 0.0161. The Bertz CT molecular complexity index is 434. The van der Waals surface area contributed by atoms with Gasteiger partial charge in [-0.25, -0.2) is 4.39 Å². The van der Waals surface area contributed by atoms with Crippen LogP contribution in [0.15, 0.2) is 24.3 Å². The molecule has 2 rings (SSSR count). The van der Waals surface area contributed by atoms with Crippen LogP contribution in [0.2, 0.25) is 0 Å². The molecule has 3 nitrogen and oxygen atoms in total. The van der Waals surface area contributed by atoms with E-state index in [1.165, 1.54) is 12.1 Å². The fourth-order valence-electron chi connectivity index (χ4n) is 2.62. The molecule has 1 saturated heterocycles. The third kappa shape index (κ3) is 4.11. The number of hydrogen-bond donors (Lipinski definition) is 0. The van der Waals surface area contributed by atoms with Crippen LogP contribution in [0.25, 0.3) is 0 Å². The third-order valence-corrected chi connectivity index (χ3v) is 3.52. The number of halogens is 1. The first-order valence-electron chi connectivity index (χ1n) is 6.69. The molecule has 1 aliphatic heterocycles. The molecule has 0 spiro atoms. The minimum atomic E-state index is -0.359. The molecule has 1 aromatic carbocycles. The van der Waals surface area contributed by atoms with Crippen molar-refractivity contribution in [1.29, 1.82) is 0 Å². The summed E-state index contributed by atoms with van der Waals surface area (Å²) in [5.74, 6) is 0.123. The summed E-state index contributed by atoms with van der Waals surface area (Å²) >= 11 is 0. The quantitative estimate of drug-likeness (QED) is 0.765. The van der Waals surface area contributed by atoms with Crippen molar-refractivity contribution in [3.63, 3.8) is 0 Å². The van der Waals surface area contributed by atoms with Crippen molar-refractivity contribution >= 4 is 5.78 Å². The van der Waals surface area contributed by atoms with Crippen LogP contribution in [0.5, 0.6) is 0 Å². The summed E-state index contributed by atoms with van der Waals surface area (Å²) in [6, 6.07) is 5.90. The van der Waals surface area contributed by atoms with Crippen molar-refractivity contribution in [3.05, 3.63) is 35.6 Å². The van der Waals surface area contributed by atoms with Gasteiger partial charge in [-0.15, -0.1) is 0 Å². The molecule has 1 atom stereocenters. The Hall–Kier alpha value is -1.26. The van der Waals surface area contributed by atoms with Crippen LogP contribution in [0.4, 0.5) is 4.39 Å². The normalized spacial score (nSPS) is 20.4. The molecule has 4 heteroatoms. The zero-order valence-electron chi connectivity index (χ0n) is 11.3. The highest BCUT2D eigenvalue weighted by molar-refractivity contribution is 5.97. The smallest absolute Gasteiger partial charge is 0.176 e. The first-order valence-corrected chi connectivity index (χ1v) is 6.69. The predicted octanol–water partition coefficient (Wildman–Crippen LogP) is 2.37. The number of carbonyl (C=O) groups excluding carboxylic acids is 1. The molecule has 1 unspecified atom stereocenters. The summed E-state index contributed by atoms with van der Waals surface area (Å²) in [5, 5.41) is 0. The minimum Gasteiger partial charge on any atom is -0.384 e. The number of nitrogens with zero attached hydrogens (tertiary/aromatic N) is 1. The van der Waals surface area contributed by atoms with Gasteiger partial charge in [-0.05, 0) is 37.4 Å². The number of methoxy groups -OCH3 is 1. The van der Waals surface area contributed by atoms with E-state index in [2.05, 4.69) is 4.90 Å². The number of ether oxygens (including phenoxy) is 1. The first kappa shape index (κ1) is 14.2. The second kappa shape index (κ2) is 6.78. The van der Waals surface area contributed by atoms with E-state index in [-0.39, 0.29) is 11.6 Å². The van der Waals surface area contributed by atoms with Gasteiger partial charge in [0, 0.05) is 19.2 Å². The summed E-state index contributed by atoms with van der Waals surface area (Å²) in [6.45, 7) is 2.92. The average Bonchev–Trinajstić information content (AvgIpc) is 2.39. The molecule has 0 aromatic heterocycles. The van der Waals surface area contributed by atoms with Crippen LogP contribution in [0.3, 0.4) is 0 Å². The molecule has 0 N–H and O–H groups in total. The lowest BCUT2D eigenvalue weighted by Gasteiger charge is -2.31. The Morgan fingerprint density at radius 2 is 2.37 bits per heavy atom. The molecule has 104 valence electrons. The summed E-state index contributed by atoms with van der Waals surface area (Å²) in [4.78, 5) is 14.2. The SMILES string of the molecule is COCC1CCCN(CC(=O)c2cccc(F)c2)C1. The van der Waals surface area contributed by atoms with E-state index < -0.39 is 0 Å². The Morgan fingerprint density at radius 1 is 1.53 bits per heavy atom. The van der Waals surface area contributed by atoms with E-state index in [4.69, 9.17) is 4.74 Å².